The molecule has 5 heteroatoms. The fraction of sp³-hybridized carbons (Fsp3) is 0.0833. The van der Waals surface area contributed by atoms with E-state index in [0.29, 0.717) is 5.65 Å². The number of fused-ring (bicyclic) bond motifs is 2. The van der Waals surface area contributed by atoms with E-state index < -0.39 is 0 Å². The summed E-state index contributed by atoms with van der Waals surface area (Å²) in [5.41, 5.74) is 4.98. The molecule has 0 radical (unpaired) electrons. The van der Waals surface area contributed by atoms with Crippen LogP contribution in [0.5, 0.6) is 5.75 Å². The maximum atomic E-state index is 12.8. The van der Waals surface area contributed by atoms with Gasteiger partial charge in [0.15, 0.2) is 0 Å². The highest BCUT2D eigenvalue weighted by Crippen LogP contribution is 2.33. The normalized spacial score (nSPS) is 11.2. The van der Waals surface area contributed by atoms with E-state index in [-0.39, 0.29) is 5.56 Å². The van der Waals surface area contributed by atoms with E-state index in [2.05, 4.69) is 34.3 Å². The van der Waals surface area contributed by atoms with Crippen molar-refractivity contribution >= 4 is 16.4 Å². The molecule has 0 aliphatic rings. The molecule has 1 N–H and O–H groups in total. The van der Waals surface area contributed by atoms with Crippen molar-refractivity contribution in [3.05, 3.63) is 88.8 Å². The predicted molar refractivity (Wildman–Crippen MR) is 115 cm³/mol. The van der Waals surface area contributed by atoms with Gasteiger partial charge in [0.2, 0.25) is 0 Å². The van der Waals surface area contributed by atoms with Gasteiger partial charge >= 0.3 is 0 Å². The number of aryl methyl sites for hydroxylation is 1. The first-order valence-electron chi connectivity index (χ1n) is 9.41. The van der Waals surface area contributed by atoms with Crippen LogP contribution in [-0.4, -0.2) is 21.7 Å². The number of hydrogen-bond donors (Lipinski definition) is 1. The first kappa shape index (κ1) is 17.3. The average Bonchev–Trinajstić information content (AvgIpc) is 3.09. The van der Waals surface area contributed by atoms with Crippen LogP contribution in [0.1, 0.15) is 5.69 Å². The zero-order chi connectivity index (χ0) is 20.0. The number of rotatable bonds is 3. The first-order valence-corrected chi connectivity index (χ1v) is 9.41. The lowest BCUT2D eigenvalue weighted by molar-refractivity contribution is 0.415. The SMILES string of the molecule is COc1ccc(-c2cc(=O)n3nc(C)c(-c4cccc5ccccc45)c3[nH]2)cc1. The quantitative estimate of drug-likeness (QED) is 0.487. The highest BCUT2D eigenvalue weighted by Gasteiger charge is 2.17. The fourth-order valence-corrected chi connectivity index (χ4v) is 3.84. The van der Waals surface area contributed by atoms with Gasteiger partial charge in [-0.1, -0.05) is 42.5 Å². The minimum atomic E-state index is -0.167. The number of H-pyrrole nitrogens is 1. The standard InChI is InChI=1S/C24H19N3O2/c1-15-23(20-9-5-7-16-6-3-4-8-19(16)20)24-25-21(14-22(28)27(24)26-15)17-10-12-18(29-2)13-11-17/h3-14,25H,1-2H3. The lowest BCUT2D eigenvalue weighted by Crippen LogP contribution is -2.14. The zero-order valence-corrected chi connectivity index (χ0v) is 16.1. The minimum absolute atomic E-state index is 0.167. The van der Waals surface area contributed by atoms with Crippen LogP contribution >= 0.6 is 0 Å². The fourth-order valence-electron chi connectivity index (χ4n) is 3.84. The molecule has 0 amide bonds. The number of methoxy groups -OCH3 is 1. The second-order valence-corrected chi connectivity index (χ2v) is 7.00. The summed E-state index contributed by atoms with van der Waals surface area (Å²) in [6, 6.07) is 23.6. The smallest absolute Gasteiger partial charge is 0.274 e. The highest BCUT2D eigenvalue weighted by molar-refractivity contribution is 6.00. The van der Waals surface area contributed by atoms with E-state index >= 15 is 0 Å². The molecule has 2 heterocycles. The van der Waals surface area contributed by atoms with Gasteiger partial charge in [0, 0.05) is 11.6 Å². The van der Waals surface area contributed by atoms with Crippen LogP contribution in [0.25, 0.3) is 38.8 Å². The Morgan fingerprint density at radius 3 is 2.52 bits per heavy atom. The van der Waals surface area contributed by atoms with E-state index in [1.807, 2.05) is 49.4 Å². The second-order valence-electron chi connectivity index (χ2n) is 7.00. The van der Waals surface area contributed by atoms with Crippen LogP contribution < -0.4 is 10.3 Å². The zero-order valence-electron chi connectivity index (χ0n) is 16.1. The monoisotopic (exact) mass is 381 g/mol. The molecule has 0 bridgehead atoms. The van der Waals surface area contributed by atoms with E-state index in [0.717, 1.165) is 44.6 Å². The molecule has 2 aromatic heterocycles. The third-order valence-corrected chi connectivity index (χ3v) is 5.25. The van der Waals surface area contributed by atoms with Gasteiger partial charge < -0.3 is 9.72 Å². The number of nitrogens with zero attached hydrogens (tertiary/aromatic N) is 2. The lowest BCUT2D eigenvalue weighted by atomic mass is 9.98. The number of ether oxygens (including phenoxy) is 1. The number of nitrogens with one attached hydrogen (secondary N) is 1. The Morgan fingerprint density at radius 2 is 1.72 bits per heavy atom. The summed E-state index contributed by atoms with van der Waals surface area (Å²) >= 11 is 0. The number of benzene rings is 3. The Labute approximate surface area is 167 Å². The van der Waals surface area contributed by atoms with Gasteiger partial charge in [-0.25, -0.2) is 0 Å². The molecule has 0 atom stereocenters. The Bertz CT molecular complexity index is 1410. The van der Waals surface area contributed by atoms with Crippen molar-refractivity contribution in [3.8, 4) is 28.1 Å². The Hall–Kier alpha value is -3.86. The molecular weight excluding hydrogens is 362 g/mol. The summed E-state index contributed by atoms with van der Waals surface area (Å²) in [5, 5.41) is 6.79. The van der Waals surface area contributed by atoms with E-state index in [1.54, 1.807) is 13.2 Å². The van der Waals surface area contributed by atoms with Crippen LogP contribution in [0.3, 0.4) is 0 Å². The minimum Gasteiger partial charge on any atom is -0.497 e. The van der Waals surface area contributed by atoms with Crippen LogP contribution in [0.15, 0.2) is 77.6 Å². The van der Waals surface area contributed by atoms with Crippen LogP contribution in [-0.2, 0) is 0 Å². The molecule has 5 rings (SSSR count). The van der Waals surface area contributed by atoms with Crippen molar-refractivity contribution in [2.24, 2.45) is 0 Å². The topological polar surface area (TPSA) is 59.4 Å². The average molecular weight is 381 g/mol. The number of aromatic amines is 1. The Balaban J connectivity index is 1.79. The molecule has 142 valence electrons. The second kappa shape index (κ2) is 6.63. The largest absolute Gasteiger partial charge is 0.497 e. The molecule has 3 aromatic carbocycles. The van der Waals surface area contributed by atoms with E-state index in [4.69, 9.17) is 4.74 Å². The third-order valence-electron chi connectivity index (χ3n) is 5.25. The predicted octanol–water partition coefficient (Wildman–Crippen LogP) is 4.83. The van der Waals surface area contributed by atoms with Crippen LogP contribution in [0.4, 0.5) is 0 Å². The van der Waals surface area contributed by atoms with Crippen LogP contribution in [0.2, 0.25) is 0 Å². The van der Waals surface area contributed by atoms with E-state index in [1.165, 1.54) is 4.52 Å². The molecule has 29 heavy (non-hydrogen) atoms. The molecule has 5 aromatic rings. The molecule has 0 saturated heterocycles. The van der Waals surface area contributed by atoms with Crippen molar-refractivity contribution < 1.29 is 4.74 Å². The summed E-state index contributed by atoms with van der Waals surface area (Å²) in [7, 11) is 1.63. The van der Waals surface area contributed by atoms with Gasteiger partial charge in [-0.2, -0.15) is 9.61 Å². The molecular formula is C24H19N3O2. The molecule has 0 aliphatic heterocycles. The van der Waals surface area contributed by atoms with Gasteiger partial charge in [-0.3, -0.25) is 4.79 Å². The molecule has 5 nitrogen and oxygen atoms in total. The van der Waals surface area contributed by atoms with Gasteiger partial charge in [-0.15, -0.1) is 0 Å². The number of hydrogen-bond acceptors (Lipinski definition) is 3. The van der Waals surface area contributed by atoms with E-state index in [9.17, 15) is 4.79 Å². The van der Waals surface area contributed by atoms with Crippen molar-refractivity contribution in [3.63, 3.8) is 0 Å². The van der Waals surface area contributed by atoms with Crippen molar-refractivity contribution in [2.45, 2.75) is 6.92 Å². The van der Waals surface area contributed by atoms with Crippen LogP contribution in [0, 0.1) is 6.92 Å². The maximum Gasteiger partial charge on any atom is 0.274 e. The Morgan fingerprint density at radius 1 is 0.966 bits per heavy atom. The van der Waals surface area contributed by atoms with Crippen molar-refractivity contribution in [2.75, 3.05) is 7.11 Å². The van der Waals surface area contributed by atoms with Gasteiger partial charge in [0.05, 0.1) is 18.5 Å². The van der Waals surface area contributed by atoms with Gasteiger partial charge in [-0.05, 0) is 53.1 Å². The summed E-state index contributed by atoms with van der Waals surface area (Å²) < 4.78 is 6.68. The van der Waals surface area contributed by atoms with Crippen molar-refractivity contribution in [1.82, 2.24) is 14.6 Å². The summed E-state index contributed by atoms with van der Waals surface area (Å²) in [6.07, 6.45) is 0. The molecule has 0 saturated carbocycles. The summed E-state index contributed by atoms with van der Waals surface area (Å²) in [6.45, 7) is 1.93. The lowest BCUT2D eigenvalue weighted by Gasteiger charge is -2.08. The van der Waals surface area contributed by atoms with Gasteiger partial charge in [0.1, 0.15) is 11.4 Å². The number of aromatic nitrogens is 3. The molecule has 0 unspecified atom stereocenters. The highest BCUT2D eigenvalue weighted by atomic mass is 16.5. The maximum absolute atomic E-state index is 12.8. The molecule has 0 aliphatic carbocycles. The molecule has 0 spiro atoms. The Kier molecular flexibility index (Phi) is 3.95. The third kappa shape index (κ3) is 2.79. The van der Waals surface area contributed by atoms with Crippen molar-refractivity contribution in [1.29, 1.82) is 0 Å². The first-order chi connectivity index (χ1) is 14.2. The summed E-state index contributed by atoms with van der Waals surface area (Å²) in [4.78, 5) is 16.2. The summed E-state index contributed by atoms with van der Waals surface area (Å²) in [5.74, 6) is 0.772. The van der Waals surface area contributed by atoms with Gasteiger partial charge in [0.25, 0.3) is 5.56 Å². The molecule has 0 fully saturated rings.